The number of hydrogen-bond donors (Lipinski definition) is 1. The van der Waals surface area contributed by atoms with Gasteiger partial charge in [0.1, 0.15) is 0 Å². The molecule has 3 rings (SSSR count). The van der Waals surface area contributed by atoms with Crippen molar-refractivity contribution in [1.29, 1.82) is 0 Å². The molecule has 0 aliphatic carbocycles. The standard InChI is InChI=1S/C21H27N3O2/c1-26-17-19-8-5-9-20(14-19)22-21(25)16-24-12-10-23(11-13-24)15-18-6-3-2-4-7-18/h2-9,14H,10-13,15-17H2,1H3,(H,22,25). The van der Waals surface area contributed by atoms with Gasteiger partial charge in [0.2, 0.25) is 5.91 Å². The van der Waals surface area contributed by atoms with Crippen LogP contribution < -0.4 is 5.32 Å². The summed E-state index contributed by atoms with van der Waals surface area (Å²) < 4.78 is 5.14. The van der Waals surface area contributed by atoms with Gasteiger partial charge in [0, 0.05) is 45.5 Å². The Morgan fingerprint density at radius 1 is 0.962 bits per heavy atom. The topological polar surface area (TPSA) is 44.8 Å². The summed E-state index contributed by atoms with van der Waals surface area (Å²) in [5.74, 6) is 0.0380. The second-order valence-electron chi connectivity index (χ2n) is 6.72. The van der Waals surface area contributed by atoms with Gasteiger partial charge in [-0.3, -0.25) is 14.6 Å². The minimum Gasteiger partial charge on any atom is -0.380 e. The van der Waals surface area contributed by atoms with Crippen molar-refractivity contribution in [2.75, 3.05) is 45.2 Å². The molecule has 1 N–H and O–H groups in total. The van der Waals surface area contributed by atoms with E-state index in [2.05, 4.69) is 39.4 Å². The van der Waals surface area contributed by atoms with E-state index in [-0.39, 0.29) is 5.91 Å². The first kappa shape index (κ1) is 18.6. The third-order valence-corrected chi connectivity index (χ3v) is 4.60. The van der Waals surface area contributed by atoms with Crippen LogP contribution in [0.4, 0.5) is 5.69 Å². The van der Waals surface area contributed by atoms with Crippen LogP contribution >= 0.6 is 0 Å². The summed E-state index contributed by atoms with van der Waals surface area (Å²) >= 11 is 0. The number of nitrogens with zero attached hydrogens (tertiary/aromatic N) is 2. The van der Waals surface area contributed by atoms with Gasteiger partial charge >= 0.3 is 0 Å². The molecule has 1 fully saturated rings. The number of methoxy groups -OCH3 is 1. The van der Waals surface area contributed by atoms with Gasteiger partial charge in [0.05, 0.1) is 13.2 Å². The van der Waals surface area contributed by atoms with E-state index in [1.54, 1.807) is 7.11 Å². The predicted molar refractivity (Wildman–Crippen MR) is 104 cm³/mol. The Balaban J connectivity index is 1.42. The summed E-state index contributed by atoms with van der Waals surface area (Å²) in [6.07, 6.45) is 0. The van der Waals surface area contributed by atoms with E-state index in [0.717, 1.165) is 44.0 Å². The van der Waals surface area contributed by atoms with Gasteiger partial charge in [0.25, 0.3) is 0 Å². The Bertz CT molecular complexity index is 697. The summed E-state index contributed by atoms with van der Waals surface area (Å²) in [6, 6.07) is 18.3. The van der Waals surface area contributed by atoms with Crippen LogP contribution in [-0.4, -0.2) is 55.5 Å². The van der Waals surface area contributed by atoms with Crippen molar-refractivity contribution >= 4 is 11.6 Å². The highest BCUT2D eigenvalue weighted by Gasteiger charge is 2.19. The van der Waals surface area contributed by atoms with Crippen LogP contribution in [0.2, 0.25) is 0 Å². The second kappa shape index (κ2) is 9.48. The molecule has 1 aliphatic heterocycles. The van der Waals surface area contributed by atoms with E-state index in [4.69, 9.17) is 4.74 Å². The van der Waals surface area contributed by atoms with E-state index in [0.29, 0.717) is 13.2 Å². The lowest BCUT2D eigenvalue weighted by molar-refractivity contribution is -0.117. The summed E-state index contributed by atoms with van der Waals surface area (Å²) in [5, 5.41) is 2.99. The third-order valence-electron chi connectivity index (χ3n) is 4.60. The molecule has 26 heavy (non-hydrogen) atoms. The molecule has 138 valence electrons. The SMILES string of the molecule is COCc1cccc(NC(=O)CN2CCN(Cc3ccccc3)CC2)c1. The number of nitrogens with one attached hydrogen (secondary N) is 1. The molecular formula is C21H27N3O2. The van der Waals surface area contributed by atoms with E-state index >= 15 is 0 Å². The van der Waals surface area contributed by atoms with Crippen LogP contribution in [0.15, 0.2) is 54.6 Å². The van der Waals surface area contributed by atoms with Gasteiger partial charge < -0.3 is 10.1 Å². The van der Waals surface area contributed by atoms with Crippen LogP contribution in [0, 0.1) is 0 Å². The Labute approximate surface area is 155 Å². The van der Waals surface area contributed by atoms with Gasteiger partial charge in [-0.15, -0.1) is 0 Å². The van der Waals surface area contributed by atoms with E-state index in [1.165, 1.54) is 5.56 Å². The average Bonchev–Trinajstić information content (AvgIpc) is 2.65. The Hall–Kier alpha value is -2.21. The Morgan fingerprint density at radius 3 is 2.38 bits per heavy atom. The molecule has 5 heteroatoms. The minimum absolute atomic E-state index is 0.0380. The number of carbonyl (C=O) groups is 1. The maximum Gasteiger partial charge on any atom is 0.238 e. The van der Waals surface area contributed by atoms with Crippen LogP contribution in [0.3, 0.4) is 0 Å². The third kappa shape index (κ3) is 5.66. The number of piperazine rings is 1. The molecule has 2 aromatic rings. The molecule has 5 nitrogen and oxygen atoms in total. The van der Waals surface area contributed by atoms with Gasteiger partial charge in [-0.1, -0.05) is 42.5 Å². The van der Waals surface area contributed by atoms with Gasteiger partial charge in [-0.05, 0) is 23.3 Å². The highest BCUT2D eigenvalue weighted by molar-refractivity contribution is 5.92. The van der Waals surface area contributed by atoms with Crippen LogP contribution in [0.1, 0.15) is 11.1 Å². The van der Waals surface area contributed by atoms with Crippen molar-refractivity contribution < 1.29 is 9.53 Å². The molecule has 2 aromatic carbocycles. The Kier molecular flexibility index (Phi) is 6.77. The molecule has 0 spiro atoms. The van der Waals surface area contributed by atoms with Crippen LogP contribution in [0.5, 0.6) is 0 Å². The van der Waals surface area contributed by atoms with Crippen molar-refractivity contribution in [3.8, 4) is 0 Å². The smallest absolute Gasteiger partial charge is 0.238 e. The number of benzene rings is 2. The zero-order chi connectivity index (χ0) is 18.2. The van der Waals surface area contributed by atoms with Crippen molar-refractivity contribution in [2.45, 2.75) is 13.2 Å². The molecular weight excluding hydrogens is 326 g/mol. The van der Waals surface area contributed by atoms with Crippen molar-refractivity contribution in [3.63, 3.8) is 0 Å². The zero-order valence-corrected chi connectivity index (χ0v) is 15.4. The number of ether oxygens (including phenoxy) is 1. The maximum absolute atomic E-state index is 12.3. The lowest BCUT2D eigenvalue weighted by Gasteiger charge is -2.34. The molecule has 0 bridgehead atoms. The number of rotatable bonds is 7. The van der Waals surface area contributed by atoms with Crippen LogP contribution in [-0.2, 0) is 22.7 Å². The van der Waals surface area contributed by atoms with Gasteiger partial charge in [0.15, 0.2) is 0 Å². The fourth-order valence-electron chi connectivity index (χ4n) is 3.26. The first-order valence-corrected chi connectivity index (χ1v) is 9.09. The van der Waals surface area contributed by atoms with Crippen molar-refractivity contribution in [3.05, 3.63) is 65.7 Å². The number of carbonyl (C=O) groups excluding carboxylic acids is 1. The highest BCUT2D eigenvalue weighted by Crippen LogP contribution is 2.12. The first-order valence-electron chi connectivity index (χ1n) is 9.09. The molecule has 1 aliphatic rings. The minimum atomic E-state index is 0.0380. The summed E-state index contributed by atoms with van der Waals surface area (Å²) in [5.41, 5.74) is 3.22. The molecule has 0 aromatic heterocycles. The monoisotopic (exact) mass is 353 g/mol. The van der Waals surface area contributed by atoms with Gasteiger partial charge in [-0.2, -0.15) is 0 Å². The van der Waals surface area contributed by atoms with E-state index < -0.39 is 0 Å². The predicted octanol–water partition coefficient (Wildman–Crippen LogP) is 2.59. The second-order valence-corrected chi connectivity index (χ2v) is 6.72. The Morgan fingerprint density at radius 2 is 1.65 bits per heavy atom. The summed E-state index contributed by atoms with van der Waals surface area (Å²) in [4.78, 5) is 17.0. The van der Waals surface area contributed by atoms with Crippen molar-refractivity contribution in [1.82, 2.24) is 9.80 Å². The fourth-order valence-corrected chi connectivity index (χ4v) is 3.26. The zero-order valence-electron chi connectivity index (χ0n) is 15.4. The van der Waals surface area contributed by atoms with Gasteiger partial charge in [-0.25, -0.2) is 0 Å². The van der Waals surface area contributed by atoms with Crippen molar-refractivity contribution in [2.24, 2.45) is 0 Å². The molecule has 0 unspecified atom stereocenters. The van der Waals surface area contributed by atoms with Crippen LogP contribution in [0.25, 0.3) is 0 Å². The molecule has 1 saturated heterocycles. The summed E-state index contributed by atoms with van der Waals surface area (Å²) in [6.45, 7) is 5.79. The largest absolute Gasteiger partial charge is 0.380 e. The molecule has 0 atom stereocenters. The number of anilines is 1. The highest BCUT2D eigenvalue weighted by atomic mass is 16.5. The molecule has 1 heterocycles. The quantitative estimate of drug-likeness (QED) is 0.831. The fraction of sp³-hybridized carbons (Fsp3) is 0.381. The average molecular weight is 353 g/mol. The van der Waals surface area contributed by atoms with E-state index in [1.807, 2.05) is 30.3 Å². The summed E-state index contributed by atoms with van der Waals surface area (Å²) in [7, 11) is 1.67. The lowest BCUT2D eigenvalue weighted by Crippen LogP contribution is -2.48. The lowest BCUT2D eigenvalue weighted by atomic mass is 10.2. The maximum atomic E-state index is 12.3. The normalized spacial score (nSPS) is 15.7. The number of hydrogen-bond acceptors (Lipinski definition) is 4. The molecule has 0 radical (unpaired) electrons. The first-order chi connectivity index (χ1) is 12.7. The molecule has 1 amide bonds. The molecule has 0 saturated carbocycles. The van der Waals surface area contributed by atoms with E-state index in [9.17, 15) is 4.79 Å². The number of amides is 1.